The Kier molecular flexibility index (Phi) is 10.2. The van der Waals surface area contributed by atoms with Crippen LogP contribution in [0.15, 0.2) is 48.5 Å². The third kappa shape index (κ3) is 8.91. The van der Waals surface area contributed by atoms with E-state index in [0.29, 0.717) is 5.56 Å². The van der Waals surface area contributed by atoms with Gasteiger partial charge in [-0.15, -0.1) is 0 Å². The van der Waals surface area contributed by atoms with Crippen molar-refractivity contribution >= 4 is 23.7 Å². The molecule has 3 amide bonds. The summed E-state index contributed by atoms with van der Waals surface area (Å²) in [6.07, 6.45) is 0.178. The Hall–Kier alpha value is -4.12. The summed E-state index contributed by atoms with van der Waals surface area (Å²) in [7, 11) is 0. The van der Waals surface area contributed by atoms with Crippen molar-refractivity contribution in [1.29, 1.82) is 0 Å². The number of phenols is 2. The molecule has 0 spiro atoms. The summed E-state index contributed by atoms with van der Waals surface area (Å²) in [6.45, 7) is 2.94. The van der Waals surface area contributed by atoms with Crippen molar-refractivity contribution in [1.82, 2.24) is 16.0 Å². The number of phenolic OH excluding ortho intramolecular Hbond substituents is 2. The lowest BCUT2D eigenvalue weighted by Gasteiger charge is -2.23. The highest BCUT2D eigenvalue weighted by Gasteiger charge is 2.27. The quantitative estimate of drug-likeness (QED) is 0.212. The van der Waals surface area contributed by atoms with Gasteiger partial charge in [-0.3, -0.25) is 14.4 Å². The minimum Gasteiger partial charge on any atom is -0.508 e. The van der Waals surface area contributed by atoms with Crippen molar-refractivity contribution in [2.24, 2.45) is 11.7 Å². The molecule has 2 aromatic carbocycles. The Morgan fingerprint density at radius 1 is 0.806 bits per heavy atom. The summed E-state index contributed by atoms with van der Waals surface area (Å²) in [4.78, 5) is 49.1. The van der Waals surface area contributed by atoms with Gasteiger partial charge in [-0.2, -0.15) is 0 Å². The van der Waals surface area contributed by atoms with E-state index in [1.165, 1.54) is 24.3 Å². The molecule has 0 bridgehead atoms. The van der Waals surface area contributed by atoms with Crippen molar-refractivity contribution in [3.05, 3.63) is 59.7 Å². The van der Waals surface area contributed by atoms with Crippen LogP contribution >= 0.6 is 0 Å². The molecule has 0 aliphatic rings. The van der Waals surface area contributed by atoms with Gasteiger partial charge in [-0.05, 0) is 47.7 Å². The molecule has 0 fully saturated rings. The molecule has 0 aliphatic heterocycles. The molecule has 0 saturated heterocycles. The second-order valence-electron chi connectivity index (χ2n) is 8.75. The molecule has 2 rings (SSSR count). The summed E-state index contributed by atoms with van der Waals surface area (Å²) in [6, 6.07) is 9.00. The molecule has 3 unspecified atom stereocenters. The molecule has 0 heterocycles. The normalized spacial score (nSPS) is 13.3. The first kappa shape index (κ1) is 28.1. The number of benzene rings is 2. The second kappa shape index (κ2) is 13.1. The fourth-order valence-corrected chi connectivity index (χ4v) is 3.36. The minimum atomic E-state index is -1.25. The Labute approximate surface area is 208 Å². The van der Waals surface area contributed by atoms with Gasteiger partial charge in [0.05, 0.1) is 12.6 Å². The Morgan fingerprint density at radius 3 is 1.78 bits per heavy atom. The van der Waals surface area contributed by atoms with E-state index in [-0.39, 0.29) is 30.3 Å². The van der Waals surface area contributed by atoms with Gasteiger partial charge < -0.3 is 37.0 Å². The highest BCUT2D eigenvalue weighted by Crippen LogP contribution is 2.12. The van der Waals surface area contributed by atoms with Crippen molar-refractivity contribution in [2.75, 3.05) is 6.54 Å². The third-order valence-corrected chi connectivity index (χ3v) is 5.41. The smallest absolute Gasteiger partial charge is 0.326 e. The maximum Gasteiger partial charge on any atom is 0.326 e. The molecule has 36 heavy (non-hydrogen) atoms. The molecule has 0 aromatic heterocycles. The molecule has 2 aromatic rings. The predicted octanol–water partition coefficient (Wildman–Crippen LogP) is 0.0367. The fourth-order valence-electron chi connectivity index (χ4n) is 3.36. The molecule has 3 atom stereocenters. The van der Waals surface area contributed by atoms with Gasteiger partial charge in [0.25, 0.3) is 0 Å². The first-order chi connectivity index (χ1) is 17.0. The SMILES string of the molecule is CC(C)C(NC(=O)C(N)Cc1ccc(O)cc1)C(=O)NCC(=O)NC(Cc1ccc(O)cc1)C(=O)O. The summed E-state index contributed by atoms with van der Waals surface area (Å²) in [5, 5.41) is 35.5. The van der Waals surface area contributed by atoms with E-state index in [4.69, 9.17) is 5.73 Å². The van der Waals surface area contributed by atoms with Crippen molar-refractivity contribution in [3.63, 3.8) is 0 Å². The average molecular weight is 501 g/mol. The molecular weight excluding hydrogens is 468 g/mol. The molecule has 11 heteroatoms. The van der Waals surface area contributed by atoms with Crippen LogP contribution < -0.4 is 21.7 Å². The third-order valence-electron chi connectivity index (χ3n) is 5.41. The number of nitrogens with one attached hydrogen (secondary N) is 3. The zero-order valence-electron chi connectivity index (χ0n) is 20.1. The fraction of sp³-hybridized carbons (Fsp3) is 0.360. The monoisotopic (exact) mass is 500 g/mol. The van der Waals surface area contributed by atoms with E-state index in [2.05, 4.69) is 16.0 Å². The average Bonchev–Trinajstić information content (AvgIpc) is 2.82. The molecule has 11 nitrogen and oxygen atoms in total. The lowest BCUT2D eigenvalue weighted by Crippen LogP contribution is -2.55. The highest BCUT2D eigenvalue weighted by atomic mass is 16.4. The Morgan fingerprint density at radius 2 is 1.31 bits per heavy atom. The summed E-state index contributed by atoms with van der Waals surface area (Å²) < 4.78 is 0. The van der Waals surface area contributed by atoms with Gasteiger partial charge in [-0.1, -0.05) is 38.1 Å². The zero-order valence-corrected chi connectivity index (χ0v) is 20.1. The van der Waals surface area contributed by atoms with Crippen LogP contribution in [0.1, 0.15) is 25.0 Å². The van der Waals surface area contributed by atoms with Crippen LogP contribution in [0, 0.1) is 5.92 Å². The number of nitrogens with two attached hydrogens (primary N) is 1. The van der Waals surface area contributed by atoms with Crippen LogP contribution in [0.3, 0.4) is 0 Å². The highest BCUT2D eigenvalue weighted by molar-refractivity contribution is 5.92. The molecular formula is C25H32N4O7. The Bertz CT molecular complexity index is 1060. The number of aromatic hydroxyl groups is 2. The topological polar surface area (TPSA) is 191 Å². The number of rotatable bonds is 12. The second-order valence-corrected chi connectivity index (χ2v) is 8.75. The van der Waals surface area contributed by atoms with E-state index >= 15 is 0 Å². The van der Waals surface area contributed by atoms with Crippen molar-refractivity contribution in [2.45, 2.75) is 44.8 Å². The van der Waals surface area contributed by atoms with E-state index in [1.807, 2.05) is 0 Å². The number of carboxylic acid groups (broad SMARTS) is 1. The standard InChI is InChI=1S/C25H32N4O7/c1-14(2)22(29-23(33)19(26)11-15-3-7-17(30)8-4-15)24(34)27-13-21(32)28-20(25(35)36)12-16-5-9-18(31)10-6-16/h3-10,14,19-20,22,30-31H,11-13,26H2,1-2H3,(H,27,34)(H,28,32)(H,29,33)(H,35,36). The van der Waals surface area contributed by atoms with E-state index in [9.17, 15) is 34.5 Å². The summed E-state index contributed by atoms with van der Waals surface area (Å²) in [5.41, 5.74) is 7.30. The maximum absolute atomic E-state index is 12.7. The van der Waals surface area contributed by atoms with Gasteiger partial charge in [-0.25, -0.2) is 4.79 Å². The van der Waals surface area contributed by atoms with Crippen LogP contribution in [0.5, 0.6) is 11.5 Å². The predicted molar refractivity (Wildman–Crippen MR) is 131 cm³/mol. The minimum absolute atomic E-state index is 0.0150. The Balaban J connectivity index is 1.89. The maximum atomic E-state index is 12.7. The lowest BCUT2D eigenvalue weighted by atomic mass is 10.0. The van der Waals surface area contributed by atoms with Crippen LogP contribution in [0.25, 0.3) is 0 Å². The van der Waals surface area contributed by atoms with Gasteiger partial charge >= 0.3 is 5.97 Å². The lowest BCUT2D eigenvalue weighted by molar-refractivity contribution is -0.141. The van der Waals surface area contributed by atoms with Gasteiger partial charge in [0.15, 0.2) is 0 Å². The van der Waals surface area contributed by atoms with Gasteiger partial charge in [0.1, 0.15) is 23.6 Å². The molecule has 0 aliphatic carbocycles. The zero-order chi connectivity index (χ0) is 26.8. The number of hydrogen-bond acceptors (Lipinski definition) is 7. The van der Waals surface area contributed by atoms with Crippen molar-refractivity contribution in [3.8, 4) is 11.5 Å². The van der Waals surface area contributed by atoms with Gasteiger partial charge in [0.2, 0.25) is 17.7 Å². The largest absolute Gasteiger partial charge is 0.508 e. The van der Waals surface area contributed by atoms with E-state index < -0.39 is 48.4 Å². The molecule has 194 valence electrons. The van der Waals surface area contributed by atoms with E-state index in [1.54, 1.807) is 38.1 Å². The number of carbonyl (C=O) groups is 4. The molecule has 0 saturated carbocycles. The molecule has 0 radical (unpaired) electrons. The van der Waals surface area contributed by atoms with Crippen LogP contribution in [-0.2, 0) is 32.0 Å². The number of carbonyl (C=O) groups excluding carboxylic acids is 3. The summed E-state index contributed by atoms with van der Waals surface area (Å²) >= 11 is 0. The number of amides is 3. The number of aliphatic carboxylic acids is 1. The first-order valence-corrected chi connectivity index (χ1v) is 11.4. The van der Waals surface area contributed by atoms with E-state index in [0.717, 1.165) is 5.56 Å². The summed E-state index contributed by atoms with van der Waals surface area (Å²) in [5.74, 6) is -3.33. The van der Waals surface area contributed by atoms with Crippen LogP contribution in [0.2, 0.25) is 0 Å². The first-order valence-electron chi connectivity index (χ1n) is 11.4. The van der Waals surface area contributed by atoms with Gasteiger partial charge in [0, 0.05) is 6.42 Å². The number of carboxylic acids is 1. The van der Waals surface area contributed by atoms with Crippen molar-refractivity contribution < 1.29 is 34.5 Å². The molecule has 8 N–H and O–H groups in total. The van der Waals surface area contributed by atoms with Crippen LogP contribution in [0.4, 0.5) is 0 Å². The van der Waals surface area contributed by atoms with Crippen LogP contribution in [-0.4, -0.2) is 63.7 Å². The number of hydrogen-bond donors (Lipinski definition) is 7.